The molecule has 1 aromatic heterocycles. The third kappa shape index (κ3) is 3.20. The first-order valence-electron chi connectivity index (χ1n) is 5.66. The largest absolute Gasteiger partial charge is 0.370 e. The molecular formula is C12H21N3. The molecule has 1 atom stereocenters. The second-order valence-electron chi connectivity index (χ2n) is 3.81. The van der Waals surface area contributed by atoms with Gasteiger partial charge in [-0.2, -0.15) is 0 Å². The summed E-state index contributed by atoms with van der Waals surface area (Å²) in [5.41, 5.74) is 8.17. The number of aromatic nitrogens is 1. The van der Waals surface area contributed by atoms with Crippen LogP contribution in [0.5, 0.6) is 0 Å². The molecule has 0 aliphatic carbocycles. The second-order valence-corrected chi connectivity index (χ2v) is 3.81. The summed E-state index contributed by atoms with van der Waals surface area (Å²) >= 11 is 0. The van der Waals surface area contributed by atoms with Gasteiger partial charge in [-0.25, -0.2) is 4.98 Å². The van der Waals surface area contributed by atoms with E-state index in [9.17, 15) is 0 Å². The fraction of sp³-hybridized carbons (Fsp3) is 0.583. The Kier molecular flexibility index (Phi) is 4.56. The Bertz CT molecular complexity index is 310. The van der Waals surface area contributed by atoms with Gasteiger partial charge in [-0.1, -0.05) is 19.9 Å². The fourth-order valence-electron chi connectivity index (χ4n) is 1.54. The molecule has 15 heavy (non-hydrogen) atoms. The number of anilines is 1. The van der Waals surface area contributed by atoms with E-state index in [4.69, 9.17) is 5.73 Å². The smallest absolute Gasteiger partial charge is 0.126 e. The van der Waals surface area contributed by atoms with Crippen molar-refractivity contribution in [2.75, 3.05) is 11.9 Å². The van der Waals surface area contributed by atoms with Crippen LogP contribution in [0.3, 0.4) is 0 Å². The predicted octanol–water partition coefficient (Wildman–Crippen LogP) is 2.62. The number of hydrogen-bond donors (Lipinski definition) is 2. The zero-order valence-corrected chi connectivity index (χ0v) is 9.88. The Balaban J connectivity index is 2.78. The van der Waals surface area contributed by atoms with E-state index in [-0.39, 0.29) is 6.04 Å². The van der Waals surface area contributed by atoms with Crippen LogP contribution in [-0.4, -0.2) is 11.5 Å². The Morgan fingerprint density at radius 2 is 2.13 bits per heavy atom. The molecule has 1 heterocycles. The van der Waals surface area contributed by atoms with Gasteiger partial charge in [0.05, 0.1) is 0 Å². The Morgan fingerprint density at radius 3 is 2.67 bits per heavy atom. The average Bonchev–Trinajstić information content (AvgIpc) is 2.25. The van der Waals surface area contributed by atoms with E-state index < -0.39 is 0 Å². The first-order chi connectivity index (χ1) is 7.19. The number of rotatable bonds is 5. The number of nitrogens with one attached hydrogen (secondary N) is 1. The highest BCUT2D eigenvalue weighted by Gasteiger charge is 2.07. The number of aryl methyl sites for hydroxylation is 1. The van der Waals surface area contributed by atoms with Crippen LogP contribution in [0.25, 0.3) is 0 Å². The molecule has 0 saturated carbocycles. The lowest BCUT2D eigenvalue weighted by molar-refractivity contribution is 0.689. The van der Waals surface area contributed by atoms with E-state index in [2.05, 4.69) is 30.2 Å². The molecule has 0 aliphatic heterocycles. The maximum Gasteiger partial charge on any atom is 0.126 e. The number of nitrogens with two attached hydrogens (primary N) is 1. The normalized spacial score (nSPS) is 12.5. The quantitative estimate of drug-likeness (QED) is 0.780. The predicted molar refractivity (Wildman–Crippen MR) is 65.0 cm³/mol. The third-order valence-corrected chi connectivity index (χ3v) is 2.52. The van der Waals surface area contributed by atoms with Crippen molar-refractivity contribution in [2.24, 2.45) is 5.73 Å². The van der Waals surface area contributed by atoms with Crippen molar-refractivity contribution in [1.29, 1.82) is 0 Å². The lowest BCUT2D eigenvalue weighted by Crippen LogP contribution is -2.12. The average molecular weight is 207 g/mol. The number of nitrogens with zero attached hydrogens (tertiary/aromatic N) is 1. The van der Waals surface area contributed by atoms with Crippen molar-refractivity contribution in [2.45, 2.75) is 39.7 Å². The topological polar surface area (TPSA) is 50.9 Å². The molecule has 0 fully saturated rings. The molecular weight excluding hydrogens is 186 g/mol. The minimum atomic E-state index is 0.109. The maximum absolute atomic E-state index is 5.98. The number of hydrogen-bond acceptors (Lipinski definition) is 3. The third-order valence-electron chi connectivity index (χ3n) is 2.52. The van der Waals surface area contributed by atoms with Gasteiger partial charge in [0.25, 0.3) is 0 Å². The van der Waals surface area contributed by atoms with Crippen LogP contribution in [0.2, 0.25) is 0 Å². The van der Waals surface area contributed by atoms with Crippen LogP contribution >= 0.6 is 0 Å². The molecule has 0 saturated heterocycles. The highest BCUT2D eigenvalue weighted by atomic mass is 15.0. The van der Waals surface area contributed by atoms with Crippen molar-refractivity contribution < 1.29 is 0 Å². The van der Waals surface area contributed by atoms with Gasteiger partial charge in [0.2, 0.25) is 0 Å². The SMILES string of the molecule is CCCNc1ccc([C@H](N)CC)c(C)n1. The molecule has 3 nitrogen and oxygen atoms in total. The summed E-state index contributed by atoms with van der Waals surface area (Å²) in [6.07, 6.45) is 2.06. The monoisotopic (exact) mass is 207 g/mol. The number of pyridine rings is 1. The Labute approximate surface area is 92.1 Å². The molecule has 0 unspecified atom stereocenters. The van der Waals surface area contributed by atoms with Crippen LogP contribution in [0.15, 0.2) is 12.1 Å². The first kappa shape index (κ1) is 12.0. The van der Waals surface area contributed by atoms with Crippen LogP contribution in [0.1, 0.15) is 44.0 Å². The second kappa shape index (κ2) is 5.71. The van der Waals surface area contributed by atoms with Crippen LogP contribution < -0.4 is 11.1 Å². The summed E-state index contributed by atoms with van der Waals surface area (Å²) in [6.45, 7) is 7.21. The van der Waals surface area contributed by atoms with Gasteiger partial charge >= 0.3 is 0 Å². The van der Waals surface area contributed by atoms with Gasteiger partial charge in [-0.15, -0.1) is 0 Å². The Hall–Kier alpha value is -1.09. The van der Waals surface area contributed by atoms with Gasteiger partial charge in [-0.3, -0.25) is 0 Å². The summed E-state index contributed by atoms with van der Waals surface area (Å²) in [6, 6.07) is 4.19. The van der Waals surface area contributed by atoms with Gasteiger partial charge in [0, 0.05) is 18.3 Å². The molecule has 0 bridgehead atoms. The highest BCUT2D eigenvalue weighted by Crippen LogP contribution is 2.18. The molecule has 3 N–H and O–H groups in total. The summed E-state index contributed by atoms with van der Waals surface area (Å²) in [5, 5.41) is 3.27. The summed E-state index contributed by atoms with van der Waals surface area (Å²) in [4.78, 5) is 4.49. The van der Waals surface area contributed by atoms with Crippen molar-refractivity contribution in [3.8, 4) is 0 Å². The maximum atomic E-state index is 5.98. The van der Waals surface area contributed by atoms with Crippen LogP contribution in [-0.2, 0) is 0 Å². The summed E-state index contributed by atoms with van der Waals surface area (Å²) < 4.78 is 0. The van der Waals surface area contributed by atoms with Gasteiger partial charge in [0.1, 0.15) is 5.82 Å². The Morgan fingerprint density at radius 1 is 1.40 bits per heavy atom. The van der Waals surface area contributed by atoms with Gasteiger partial charge in [0.15, 0.2) is 0 Å². The van der Waals surface area contributed by atoms with Crippen molar-refractivity contribution in [3.63, 3.8) is 0 Å². The fourth-order valence-corrected chi connectivity index (χ4v) is 1.54. The standard InChI is InChI=1S/C12H21N3/c1-4-8-14-12-7-6-10(9(3)15-12)11(13)5-2/h6-7,11H,4-5,8,13H2,1-3H3,(H,14,15)/t11-/m1/s1. The van der Waals surface area contributed by atoms with E-state index in [1.165, 1.54) is 0 Å². The van der Waals surface area contributed by atoms with Gasteiger partial charge < -0.3 is 11.1 Å². The molecule has 0 aromatic carbocycles. The molecule has 84 valence electrons. The lowest BCUT2D eigenvalue weighted by Gasteiger charge is -2.13. The first-order valence-corrected chi connectivity index (χ1v) is 5.66. The van der Waals surface area contributed by atoms with Crippen molar-refractivity contribution in [1.82, 2.24) is 4.98 Å². The minimum Gasteiger partial charge on any atom is -0.370 e. The van der Waals surface area contributed by atoms with E-state index in [0.29, 0.717) is 0 Å². The van der Waals surface area contributed by atoms with Gasteiger partial charge in [-0.05, 0) is 31.4 Å². The van der Waals surface area contributed by atoms with E-state index in [0.717, 1.165) is 36.5 Å². The zero-order valence-electron chi connectivity index (χ0n) is 9.88. The molecule has 3 heteroatoms. The van der Waals surface area contributed by atoms with E-state index in [1.54, 1.807) is 0 Å². The molecule has 0 amide bonds. The molecule has 0 spiro atoms. The van der Waals surface area contributed by atoms with Crippen molar-refractivity contribution in [3.05, 3.63) is 23.4 Å². The molecule has 1 aromatic rings. The molecule has 1 rings (SSSR count). The van der Waals surface area contributed by atoms with E-state index in [1.807, 2.05) is 13.0 Å². The van der Waals surface area contributed by atoms with E-state index >= 15 is 0 Å². The minimum absolute atomic E-state index is 0.109. The highest BCUT2D eigenvalue weighted by molar-refractivity contribution is 5.39. The van der Waals surface area contributed by atoms with Crippen LogP contribution in [0, 0.1) is 6.92 Å². The molecule has 0 aliphatic rings. The van der Waals surface area contributed by atoms with Crippen LogP contribution in [0.4, 0.5) is 5.82 Å². The summed E-state index contributed by atoms with van der Waals surface area (Å²) in [5.74, 6) is 0.946. The van der Waals surface area contributed by atoms with Crippen molar-refractivity contribution >= 4 is 5.82 Å². The summed E-state index contributed by atoms with van der Waals surface area (Å²) in [7, 11) is 0. The molecule has 0 radical (unpaired) electrons. The zero-order chi connectivity index (χ0) is 11.3. The lowest BCUT2D eigenvalue weighted by atomic mass is 10.0.